The van der Waals surface area contributed by atoms with Crippen molar-refractivity contribution >= 4 is 11.6 Å². The molecule has 1 fully saturated rings. The number of amides is 1. The lowest BCUT2D eigenvalue weighted by Gasteiger charge is -2.41. The highest BCUT2D eigenvalue weighted by atomic mass is 16.3. The third-order valence-electron chi connectivity index (χ3n) is 6.01. The molecular formula is C23H31N3O3. The SMILES string of the molecule is CC(NCC(O)c1ccc(O)c(C(N)=O)c1)C1CC(CN(C)c2ccccc2)C1. The van der Waals surface area contributed by atoms with E-state index >= 15 is 0 Å². The Morgan fingerprint density at radius 3 is 2.59 bits per heavy atom. The summed E-state index contributed by atoms with van der Waals surface area (Å²) in [7, 11) is 2.14. The molecule has 2 unspecified atom stereocenters. The molecule has 6 heteroatoms. The molecule has 3 rings (SSSR count). The van der Waals surface area contributed by atoms with Gasteiger partial charge in [0.25, 0.3) is 5.91 Å². The Hall–Kier alpha value is -2.57. The van der Waals surface area contributed by atoms with Crippen molar-refractivity contribution in [1.82, 2.24) is 5.32 Å². The maximum absolute atomic E-state index is 11.4. The summed E-state index contributed by atoms with van der Waals surface area (Å²) in [5.41, 5.74) is 7.09. The van der Waals surface area contributed by atoms with Crippen LogP contribution < -0.4 is 16.0 Å². The molecule has 0 aromatic heterocycles. The number of benzene rings is 2. The minimum absolute atomic E-state index is 0.0268. The van der Waals surface area contributed by atoms with Gasteiger partial charge in [-0.1, -0.05) is 24.3 Å². The van der Waals surface area contributed by atoms with Crippen LogP contribution in [-0.4, -0.2) is 42.3 Å². The Morgan fingerprint density at radius 1 is 1.24 bits per heavy atom. The van der Waals surface area contributed by atoms with Gasteiger partial charge >= 0.3 is 0 Å². The largest absolute Gasteiger partial charge is 0.507 e. The van der Waals surface area contributed by atoms with Crippen LogP contribution in [0.15, 0.2) is 48.5 Å². The molecule has 1 aliphatic carbocycles. The molecule has 0 aliphatic heterocycles. The van der Waals surface area contributed by atoms with Gasteiger partial charge in [0.15, 0.2) is 0 Å². The number of nitrogens with two attached hydrogens (primary N) is 1. The van der Waals surface area contributed by atoms with Gasteiger partial charge in [0.05, 0.1) is 11.7 Å². The Morgan fingerprint density at radius 2 is 1.93 bits per heavy atom. The summed E-state index contributed by atoms with van der Waals surface area (Å²) in [5.74, 6) is 0.404. The van der Waals surface area contributed by atoms with Crippen molar-refractivity contribution in [3.63, 3.8) is 0 Å². The third-order valence-corrected chi connectivity index (χ3v) is 6.01. The van der Waals surface area contributed by atoms with E-state index in [0.717, 1.165) is 6.54 Å². The molecule has 0 spiro atoms. The number of carbonyl (C=O) groups is 1. The molecule has 2 atom stereocenters. The van der Waals surface area contributed by atoms with Crippen molar-refractivity contribution in [2.75, 3.05) is 25.0 Å². The fourth-order valence-electron chi connectivity index (χ4n) is 4.06. The number of carbonyl (C=O) groups excluding carboxylic acids is 1. The lowest BCUT2D eigenvalue weighted by atomic mass is 9.71. The van der Waals surface area contributed by atoms with Crippen LogP contribution in [0.5, 0.6) is 5.75 Å². The zero-order valence-electron chi connectivity index (χ0n) is 17.1. The smallest absolute Gasteiger partial charge is 0.252 e. The Kier molecular flexibility index (Phi) is 6.77. The first kappa shape index (κ1) is 21.1. The lowest BCUT2D eigenvalue weighted by Crippen LogP contribution is -2.45. The summed E-state index contributed by atoms with van der Waals surface area (Å²) >= 11 is 0. The molecule has 5 N–H and O–H groups in total. The van der Waals surface area contributed by atoms with Crippen molar-refractivity contribution in [2.24, 2.45) is 17.6 Å². The van der Waals surface area contributed by atoms with Crippen LogP contribution in [0, 0.1) is 11.8 Å². The molecule has 1 aliphatic rings. The van der Waals surface area contributed by atoms with Crippen molar-refractivity contribution in [1.29, 1.82) is 0 Å². The number of hydrogen-bond acceptors (Lipinski definition) is 5. The molecule has 0 heterocycles. The van der Waals surface area contributed by atoms with Crippen LogP contribution in [0.4, 0.5) is 5.69 Å². The van der Waals surface area contributed by atoms with Crippen LogP contribution in [-0.2, 0) is 0 Å². The minimum Gasteiger partial charge on any atom is -0.507 e. The summed E-state index contributed by atoms with van der Waals surface area (Å²) in [5, 5.41) is 23.5. The number of rotatable bonds is 9. The number of aromatic hydroxyl groups is 1. The van der Waals surface area contributed by atoms with Gasteiger partial charge in [-0.3, -0.25) is 4.79 Å². The average molecular weight is 398 g/mol. The number of nitrogens with zero attached hydrogens (tertiary/aromatic N) is 1. The zero-order chi connectivity index (χ0) is 21.0. The summed E-state index contributed by atoms with van der Waals surface area (Å²) in [6, 6.07) is 15.2. The topological polar surface area (TPSA) is 98.8 Å². The maximum atomic E-state index is 11.4. The van der Waals surface area contributed by atoms with E-state index in [1.165, 1.54) is 30.7 Å². The number of aliphatic hydroxyl groups is 1. The van der Waals surface area contributed by atoms with Gasteiger partial charge in [-0.15, -0.1) is 0 Å². The number of aliphatic hydroxyl groups excluding tert-OH is 1. The lowest BCUT2D eigenvalue weighted by molar-refractivity contribution is 0.0997. The van der Waals surface area contributed by atoms with Gasteiger partial charge < -0.3 is 26.2 Å². The summed E-state index contributed by atoms with van der Waals surface area (Å²) in [4.78, 5) is 13.7. The highest BCUT2D eigenvalue weighted by molar-refractivity contribution is 5.95. The Labute approximate surface area is 172 Å². The van der Waals surface area contributed by atoms with Crippen LogP contribution in [0.3, 0.4) is 0 Å². The molecule has 0 bridgehead atoms. The van der Waals surface area contributed by atoms with E-state index in [4.69, 9.17) is 5.73 Å². The predicted molar refractivity (Wildman–Crippen MR) is 115 cm³/mol. The highest BCUT2D eigenvalue weighted by Crippen LogP contribution is 2.37. The number of phenols is 1. The molecule has 0 radical (unpaired) electrons. The number of nitrogens with one attached hydrogen (secondary N) is 1. The van der Waals surface area contributed by atoms with Gasteiger partial charge in [-0.25, -0.2) is 0 Å². The normalized spacial score (nSPS) is 20.5. The van der Waals surface area contributed by atoms with Crippen molar-refractivity contribution in [3.8, 4) is 5.75 Å². The second kappa shape index (κ2) is 9.29. The van der Waals surface area contributed by atoms with Gasteiger partial charge in [0.2, 0.25) is 0 Å². The zero-order valence-corrected chi connectivity index (χ0v) is 17.1. The first-order chi connectivity index (χ1) is 13.8. The second-order valence-electron chi connectivity index (χ2n) is 8.17. The van der Waals surface area contributed by atoms with Crippen LogP contribution in [0.25, 0.3) is 0 Å². The standard InChI is InChI=1S/C23H31N3O3/c1-15(18-10-16(11-18)14-26(2)19-6-4-3-5-7-19)25-13-22(28)17-8-9-21(27)20(12-17)23(24)29/h3-9,12,15-16,18,22,25,27-28H,10-11,13-14H2,1-2H3,(H2,24,29). The van der Waals surface area contributed by atoms with E-state index in [9.17, 15) is 15.0 Å². The van der Waals surface area contributed by atoms with E-state index < -0.39 is 12.0 Å². The molecule has 2 aromatic carbocycles. The second-order valence-corrected chi connectivity index (χ2v) is 8.17. The number of anilines is 1. The summed E-state index contributed by atoms with van der Waals surface area (Å²) < 4.78 is 0. The third kappa shape index (κ3) is 5.28. The molecule has 2 aromatic rings. The fraction of sp³-hybridized carbons (Fsp3) is 0.435. The van der Waals surface area contributed by atoms with Crippen molar-refractivity contribution in [2.45, 2.75) is 31.9 Å². The molecule has 0 saturated heterocycles. The molecule has 29 heavy (non-hydrogen) atoms. The van der Waals surface area contributed by atoms with Crippen molar-refractivity contribution in [3.05, 3.63) is 59.7 Å². The van der Waals surface area contributed by atoms with E-state index in [2.05, 4.69) is 48.5 Å². The first-order valence-corrected chi connectivity index (χ1v) is 10.2. The van der Waals surface area contributed by atoms with E-state index in [1.807, 2.05) is 6.07 Å². The van der Waals surface area contributed by atoms with Crippen molar-refractivity contribution < 1.29 is 15.0 Å². The Bertz CT molecular complexity index is 821. The number of primary amides is 1. The number of hydrogen-bond donors (Lipinski definition) is 4. The van der Waals surface area contributed by atoms with Crippen LogP contribution in [0.1, 0.15) is 41.8 Å². The van der Waals surface area contributed by atoms with Gasteiger partial charge in [0.1, 0.15) is 5.75 Å². The molecule has 1 amide bonds. The molecule has 1 saturated carbocycles. The quantitative estimate of drug-likeness (QED) is 0.521. The summed E-state index contributed by atoms with van der Waals surface area (Å²) in [6.07, 6.45) is 1.58. The van der Waals surface area contributed by atoms with E-state index in [1.54, 1.807) is 6.07 Å². The van der Waals surface area contributed by atoms with Gasteiger partial charge in [-0.2, -0.15) is 0 Å². The maximum Gasteiger partial charge on any atom is 0.252 e. The predicted octanol–water partition coefficient (Wildman–Crippen LogP) is 2.67. The molecule has 156 valence electrons. The molecular weight excluding hydrogens is 366 g/mol. The van der Waals surface area contributed by atoms with Gasteiger partial charge in [0, 0.05) is 31.9 Å². The van der Waals surface area contributed by atoms with E-state index in [-0.39, 0.29) is 11.3 Å². The van der Waals surface area contributed by atoms with E-state index in [0.29, 0.717) is 30.0 Å². The van der Waals surface area contributed by atoms with Gasteiger partial charge in [-0.05, 0) is 61.4 Å². The first-order valence-electron chi connectivity index (χ1n) is 10.2. The molecule has 6 nitrogen and oxygen atoms in total. The number of para-hydroxylation sites is 1. The average Bonchev–Trinajstić information content (AvgIpc) is 2.68. The fourth-order valence-corrected chi connectivity index (χ4v) is 4.06. The monoisotopic (exact) mass is 397 g/mol. The van der Waals surface area contributed by atoms with Crippen LogP contribution >= 0.6 is 0 Å². The summed E-state index contributed by atoms with van der Waals surface area (Å²) in [6.45, 7) is 3.59. The minimum atomic E-state index is -0.767. The van der Waals surface area contributed by atoms with Crippen LogP contribution in [0.2, 0.25) is 0 Å². The highest BCUT2D eigenvalue weighted by Gasteiger charge is 2.33. The Balaban J connectivity index is 1.43.